The lowest BCUT2D eigenvalue weighted by Crippen LogP contribution is -2.47. The number of hydrogen-bond acceptors (Lipinski definition) is 3. The van der Waals surface area contributed by atoms with E-state index in [1.165, 1.54) is 25.2 Å². The minimum atomic E-state index is -4.72. The average molecular weight is 395 g/mol. The van der Waals surface area contributed by atoms with Gasteiger partial charge in [0.15, 0.2) is 0 Å². The molecule has 1 rings (SSSR count). The first-order chi connectivity index (χ1) is 11.7. The molecule has 1 atom stereocenters. The Balaban J connectivity index is 3.37. The molecule has 0 fully saturated rings. The van der Waals surface area contributed by atoms with Crippen LogP contribution in [0.2, 0.25) is 0 Å². The maximum Gasteiger partial charge on any atom is 0.435 e. The third kappa shape index (κ3) is 5.23. The molecule has 0 saturated carbocycles. The van der Waals surface area contributed by atoms with E-state index in [4.69, 9.17) is 33.8 Å². The number of oxime groups is 1. The lowest BCUT2D eigenvalue weighted by molar-refractivity contribution is -0.251. The van der Waals surface area contributed by atoms with Crippen molar-refractivity contribution in [2.45, 2.75) is 25.1 Å². The molecule has 2 N–H and O–H groups in total. The van der Waals surface area contributed by atoms with E-state index < -0.39 is 18.2 Å². The van der Waals surface area contributed by atoms with Gasteiger partial charge in [-0.1, -0.05) is 53.7 Å². The largest absolute Gasteiger partial charge is 0.435 e. The molecule has 0 spiro atoms. The first-order valence-electron chi connectivity index (χ1n) is 7.33. The Labute approximate surface area is 155 Å². The minimum Gasteiger partial charge on any atom is -0.374 e. The second kappa shape index (κ2) is 9.27. The van der Waals surface area contributed by atoms with Crippen LogP contribution in [0.4, 0.5) is 13.2 Å². The summed E-state index contributed by atoms with van der Waals surface area (Å²) in [5, 5.41) is 3.84. The van der Waals surface area contributed by atoms with Crippen molar-refractivity contribution in [3.05, 3.63) is 59.2 Å². The quantitative estimate of drug-likeness (QED) is 0.487. The van der Waals surface area contributed by atoms with Crippen molar-refractivity contribution in [1.29, 1.82) is 0 Å². The Morgan fingerprint density at radius 2 is 2.16 bits per heavy atom. The predicted molar refractivity (Wildman–Crippen MR) is 96.8 cm³/mol. The fourth-order valence-electron chi connectivity index (χ4n) is 2.28. The standard InChI is InChI=1S/C17H19Cl2F3N2O/c1-3-5-14(10-12(2)19)16(17(20,21)22)11-15(24-25-16)13(7-9-23)6-4-8-18/h3-7,10H,1,8-9,11,23H2,2H3/b6-4-,12-10+,13-7+,14-5+. The summed E-state index contributed by atoms with van der Waals surface area (Å²) >= 11 is 11.4. The molecule has 1 unspecified atom stereocenters. The molecule has 1 aliphatic rings. The van der Waals surface area contributed by atoms with E-state index in [0.717, 1.165) is 0 Å². The molecule has 0 aromatic heterocycles. The molecule has 1 aliphatic heterocycles. The van der Waals surface area contributed by atoms with Crippen LogP contribution in [-0.2, 0) is 4.84 Å². The minimum absolute atomic E-state index is 0.125. The Kier molecular flexibility index (Phi) is 7.99. The highest BCUT2D eigenvalue weighted by molar-refractivity contribution is 6.29. The van der Waals surface area contributed by atoms with Crippen LogP contribution >= 0.6 is 23.2 Å². The van der Waals surface area contributed by atoms with Gasteiger partial charge in [0, 0.05) is 29.5 Å². The predicted octanol–water partition coefficient (Wildman–Crippen LogP) is 5.00. The average Bonchev–Trinajstić information content (AvgIpc) is 2.97. The van der Waals surface area contributed by atoms with Gasteiger partial charge in [-0.25, -0.2) is 0 Å². The van der Waals surface area contributed by atoms with Crippen LogP contribution in [0.15, 0.2) is 64.4 Å². The molecule has 0 bridgehead atoms. The maximum absolute atomic E-state index is 13.9. The van der Waals surface area contributed by atoms with Gasteiger partial charge < -0.3 is 10.6 Å². The zero-order chi connectivity index (χ0) is 19.1. The molecule has 0 aliphatic carbocycles. The van der Waals surface area contributed by atoms with Gasteiger partial charge in [0.25, 0.3) is 5.60 Å². The van der Waals surface area contributed by atoms with E-state index in [2.05, 4.69) is 11.7 Å². The number of alkyl halides is 4. The van der Waals surface area contributed by atoms with Gasteiger partial charge in [0.2, 0.25) is 0 Å². The highest BCUT2D eigenvalue weighted by Crippen LogP contribution is 2.47. The van der Waals surface area contributed by atoms with E-state index in [1.807, 2.05) is 0 Å². The van der Waals surface area contributed by atoms with E-state index in [9.17, 15) is 13.2 Å². The van der Waals surface area contributed by atoms with Crippen LogP contribution in [0.25, 0.3) is 0 Å². The van der Waals surface area contributed by atoms with Crippen molar-refractivity contribution in [2.75, 3.05) is 12.4 Å². The summed E-state index contributed by atoms with van der Waals surface area (Å²) in [7, 11) is 0. The summed E-state index contributed by atoms with van der Waals surface area (Å²) in [5.74, 6) is 0.205. The number of nitrogens with zero attached hydrogens (tertiary/aromatic N) is 1. The Hall–Kier alpha value is -1.50. The molecule has 8 heteroatoms. The van der Waals surface area contributed by atoms with Gasteiger partial charge >= 0.3 is 6.18 Å². The third-order valence-electron chi connectivity index (χ3n) is 3.36. The lowest BCUT2D eigenvalue weighted by Gasteiger charge is -2.30. The van der Waals surface area contributed by atoms with Crippen LogP contribution in [0.3, 0.4) is 0 Å². The first-order valence-corrected chi connectivity index (χ1v) is 8.25. The highest BCUT2D eigenvalue weighted by atomic mass is 35.5. The van der Waals surface area contributed by atoms with Gasteiger partial charge in [-0.2, -0.15) is 13.2 Å². The summed E-state index contributed by atoms with van der Waals surface area (Å²) in [6.07, 6.45) is 3.10. The van der Waals surface area contributed by atoms with Crippen molar-refractivity contribution in [1.82, 2.24) is 0 Å². The molecule has 0 radical (unpaired) electrons. The highest BCUT2D eigenvalue weighted by Gasteiger charge is 2.62. The van der Waals surface area contributed by atoms with Crippen molar-refractivity contribution in [2.24, 2.45) is 10.9 Å². The zero-order valence-electron chi connectivity index (χ0n) is 13.6. The number of hydrogen-bond donors (Lipinski definition) is 1. The maximum atomic E-state index is 13.9. The number of rotatable bonds is 7. The molecule has 0 aromatic carbocycles. The number of halogens is 5. The number of nitrogens with two attached hydrogens (primary N) is 1. The zero-order valence-corrected chi connectivity index (χ0v) is 15.1. The van der Waals surface area contributed by atoms with Crippen molar-refractivity contribution >= 4 is 28.9 Å². The van der Waals surface area contributed by atoms with Gasteiger partial charge in [0.05, 0.1) is 5.71 Å². The summed E-state index contributed by atoms with van der Waals surface area (Å²) < 4.78 is 41.7. The second-order valence-corrected chi connectivity index (χ2v) is 6.08. The van der Waals surface area contributed by atoms with Gasteiger partial charge in [-0.3, -0.25) is 0 Å². The van der Waals surface area contributed by atoms with Crippen LogP contribution < -0.4 is 5.73 Å². The molecule has 0 saturated heterocycles. The molecule has 3 nitrogen and oxygen atoms in total. The van der Waals surface area contributed by atoms with Crippen molar-refractivity contribution < 1.29 is 18.0 Å². The molecule has 138 valence electrons. The van der Waals surface area contributed by atoms with Gasteiger partial charge in [-0.05, 0) is 18.6 Å². The second-order valence-electron chi connectivity index (χ2n) is 5.17. The Morgan fingerprint density at radius 3 is 2.64 bits per heavy atom. The van der Waals surface area contributed by atoms with Gasteiger partial charge in [-0.15, -0.1) is 11.6 Å². The first kappa shape index (κ1) is 21.5. The van der Waals surface area contributed by atoms with Crippen LogP contribution in [-0.4, -0.2) is 29.9 Å². The Bertz CT molecular complexity index is 645. The monoisotopic (exact) mass is 394 g/mol. The third-order valence-corrected chi connectivity index (χ3v) is 3.65. The molecule has 1 heterocycles. The van der Waals surface area contributed by atoms with Crippen molar-refractivity contribution in [3.8, 4) is 0 Å². The summed E-state index contributed by atoms with van der Waals surface area (Å²) in [6.45, 7) is 5.06. The molecule has 25 heavy (non-hydrogen) atoms. The van der Waals surface area contributed by atoms with Gasteiger partial charge in [0.1, 0.15) is 0 Å². The molecule has 0 aromatic rings. The van der Waals surface area contributed by atoms with Crippen LogP contribution in [0.1, 0.15) is 13.3 Å². The Morgan fingerprint density at radius 1 is 1.48 bits per heavy atom. The molecule has 0 amide bonds. The normalized spacial score (nSPS) is 23.0. The molecular formula is C17H19Cl2F3N2O. The van der Waals surface area contributed by atoms with Crippen molar-refractivity contribution in [3.63, 3.8) is 0 Å². The number of allylic oxidation sites excluding steroid dienone is 6. The lowest BCUT2D eigenvalue weighted by atomic mass is 9.85. The van der Waals surface area contributed by atoms with Crippen LogP contribution in [0.5, 0.6) is 0 Å². The molecular weight excluding hydrogens is 376 g/mol. The van der Waals surface area contributed by atoms with E-state index in [1.54, 1.807) is 18.2 Å². The van der Waals surface area contributed by atoms with E-state index in [0.29, 0.717) is 5.57 Å². The summed E-state index contributed by atoms with van der Waals surface area (Å²) in [4.78, 5) is 4.94. The smallest absolute Gasteiger partial charge is 0.374 e. The SMILES string of the molecule is C=C/C=C(\C=C(/C)Cl)C1(C(F)(F)F)CC(C(/C=C\CCl)=C/CN)=NO1. The summed E-state index contributed by atoms with van der Waals surface area (Å²) in [5.41, 5.74) is 3.21. The fraction of sp³-hybridized carbons (Fsp3) is 0.353. The van der Waals surface area contributed by atoms with E-state index >= 15 is 0 Å². The fourth-order valence-corrected chi connectivity index (χ4v) is 2.49. The van der Waals surface area contributed by atoms with Crippen LogP contribution in [0, 0.1) is 0 Å². The topological polar surface area (TPSA) is 47.6 Å². The van der Waals surface area contributed by atoms with E-state index in [-0.39, 0.29) is 28.7 Å². The summed E-state index contributed by atoms with van der Waals surface area (Å²) in [6, 6.07) is 0.